The van der Waals surface area contributed by atoms with Crippen molar-refractivity contribution in [3.05, 3.63) is 0 Å². The molecule has 6 nitrogen and oxygen atoms in total. The molecular formula is C21H36N2O4. The quantitative estimate of drug-likeness (QED) is 0.531. The van der Waals surface area contributed by atoms with E-state index in [4.69, 9.17) is 0 Å². The van der Waals surface area contributed by atoms with Gasteiger partial charge in [-0.3, -0.25) is 9.59 Å². The molecule has 154 valence electrons. The predicted molar refractivity (Wildman–Crippen MR) is 103 cm³/mol. The number of carbonyl (C=O) groups excluding carboxylic acids is 2. The summed E-state index contributed by atoms with van der Waals surface area (Å²) in [6, 6.07) is -0.733. The van der Waals surface area contributed by atoms with Crippen LogP contribution in [0.2, 0.25) is 0 Å². The highest BCUT2D eigenvalue weighted by Gasteiger charge is 2.51. The van der Waals surface area contributed by atoms with E-state index in [1.165, 1.54) is 0 Å². The Morgan fingerprint density at radius 2 is 0.963 bits per heavy atom. The lowest BCUT2D eigenvalue weighted by molar-refractivity contribution is -0.146. The molecule has 0 aromatic carbocycles. The van der Waals surface area contributed by atoms with Crippen molar-refractivity contribution >= 4 is 11.8 Å². The van der Waals surface area contributed by atoms with Crippen LogP contribution >= 0.6 is 0 Å². The molecule has 0 saturated heterocycles. The number of amides is 2. The molecule has 0 spiro atoms. The van der Waals surface area contributed by atoms with Crippen molar-refractivity contribution in [2.45, 2.75) is 114 Å². The first-order valence-corrected chi connectivity index (χ1v) is 10.8. The Morgan fingerprint density at radius 3 is 1.30 bits per heavy atom. The summed E-state index contributed by atoms with van der Waals surface area (Å²) in [5.41, 5.74) is -2.80. The summed E-state index contributed by atoms with van der Waals surface area (Å²) >= 11 is 0. The van der Waals surface area contributed by atoms with Gasteiger partial charge in [-0.05, 0) is 52.4 Å². The van der Waals surface area contributed by atoms with E-state index < -0.39 is 16.6 Å². The highest BCUT2D eigenvalue weighted by molar-refractivity contribution is 6.05. The third-order valence-electron chi connectivity index (χ3n) is 7.57. The van der Waals surface area contributed by atoms with Gasteiger partial charge in [-0.1, -0.05) is 38.5 Å². The maximum Gasteiger partial charge on any atom is 0.236 e. The van der Waals surface area contributed by atoms with Crippen molar-refractivity contribution in [2.24, 2.45) is 5.41 Å². The summed E-state index contributed by atoms with van der Waals surface area (Å²) in [6.07, 6.45) is 9.40. The minimum atomic E-state index is -1.08. The third-order valence-corrected chi connectivity index (χ3v) is 7.57. The van der Waals surface area contributed by atoms with E-state index in [0.717, 1.165) is 38.5 Å². The number of aliphatic hydroxyl groups is 2. The first-order chi connectivity index (χ1) is 12.7. The van der Waals surface area contributed by atoms with Crippen LogP contribution in [-0.2, 0) is 9.59 Å². The number of hydrogen-bond donors (Lipinski definition) is 4. The Labute approximate surface area is 162 Å². The minimum Gasteiger partial charge on any atom is -0.388 e. The second-order valence-electron chi connectivity index (χ2n) is 9.30. The molecule has 0 unspecified atom stereocenters. The third kappa shape index (κ3) is 3.88. The van der Waals surface area contributed by atoms with Gasteiger partial charge < -0.3 is 20.8 Å². The van der Waals surface area contributed by atoms with Crippen LogP contribution in [0.5, 0.6) is 0 Å². The number of nitrogens with one attached hydrogen (secondary N) is 2. The molecular weight excluding hydrogens is 344 g/mol. The average molecular weight is 381 g/mol. The largest absolute Gasteiger partial charge is 0.388 e. The molecule has 3 fully saturated rings. The zero-order chi connectivity index (χ0) is 19.7. The minimum absolute atomic E-state index is 0.268. The van der Waals surface area contributed by atoms with Gasteiger partial charge in [0, 0.05) is 0 Å². The van der Waals surface area contributed by atoms with Crippen molar-refractivity contribution in [2.75, 3.05) is 0 Å². The molecule has 6 heteroatoms. The standard InChI is InChI=1S/C21H36N2O4/c1-15(20(26)11-5-6-12-20)22-17(24)19(9-3-4-10-19)18(25)23-16(2)21(27)13-7-8-14-21/h15-16,26-27H,3-14H2,1-2H3,(H,22,24)(H,23,25)/t15-,16-/m1/s1. The molecule has 3 aliphatic rings. The van der Waals surface area contributed by atoms with Crippen molar-refractivity contribution in [3.63, 3.8) is 0 Å². The molecule has 4 N–H and O–H groups in total. The average Bonchev–Trinajstić information content (AvgIpc) is 3.36. The second kappa shape index (κ2) is 7.70. The summed E-state index contributed by atoms with van der Waals surface area (Å²) in [4.78, 5) is 26.3. The number of hydrogen-bond acceptors (Lipinski definition) is 4. The Bertz CT molecular complexity index is 515. The topological polar surface area (TPSA) is 98.7 Å². The molecule has 0 aliphatic heterocycles. The molecule has 3 saturated carbocycles. The number of rotatable bonds is 6. The molecule has 0 radical (unpaired) electrons. The second-order valence-corrected chi connectivity index (χ2v) is 9.30. The summed E-state index contributed by atoms with van der Waals surface area (Å²) in [7, 11) is 0. The molecule has 0 aromatic heterocycles. The fourth-order valence-corrected chi connectivity index (χ4v) is 5.31. The van der Waals surface area contributed by atoms with Gasteiger partial charge in [-0.15, -0.1) is 0 Å². The molecule has 0 heterocycles. The fraction of sp³-hybridized carbons (Fsp3) is 0.905. The van der Waals surface area contributed by atoms with Crippen molar-refractivity contribution in [1.82, 2.24) is 10.6 Å². The lowest BCUT2D eigenvalue weighted by Crippen LogP contribution is -2.59. The molecule has 3 rings (SSSR count). The lowest BCUT2D eigenvalue weighted by Gasteiger charge is -2.36. The molecule has 2 atom stereocenters. The van der Waals surface area contributed by atoms with E-state index in [-0.39, 0.29) is 23.9 Å². The summed E-state index contributed by atoms with van der Waals surface area (Å²) in [5.74, 6) is -0.535. The molecule has 0 bridgehead atoms. The maximum atomic E-state index is 13.2. The maximum absolute atomic E-state index is 13.2. The Morgan fingerprint density at radius 1 is 0.667 bits per heavy atom. The van der Waals surface area contributed by atoms with Gasteiger partial charge >= 0.3 is 0 Å². The smallest absolute Gasteiger partial charge is 0.236 e. The van der Waals surface area contributed by atoms with Gasteiger partial charge in [0.2, 0.25) is 11.8 Å². The van der Waals surface area contributed by atoms with Gasteiger partial charge in [-0.2, -0.15) is 0 Å². The van der Waals surface area contributed by atoms with E-state index in [9.17, 15) is 19.8 Å². The summed E-state index contributed by atoms with van der Waals surface area (Å²) in [5, 5.41) is 27.4. The monoisotopic (exact) mass is 380 g/mol. The Hall–Kier alpha value is -1.14. The van der Waals surface area contributed by atoms with Crippen LogP contribution in [0.3, 0.4) is 0 Å². The Balaban J connectivity index is 1.68. The van der Waals surface area contributed by atoms with E-state index in [0.29, 0.717) is 38.5 Å². The van der Waals surface area contributed by atoms with Gasteiger partial charge in [0.1, 0.15) is 5.41 Å². The van der Waals surface area contributed by atoms with Crippen LogP contribution < -0.4 is 10.6 Å². The number of carbonyl (C=O) groups is 2. The molecule has 2 amide bonds. The van der Waals surface area contributed by atoms with E-state index in [1.807, 2.05) is 13.8 Å². The van der Waals surface area contributed by atoms with Crippen molar-refractivity contribution in [1.29, 1.82) is 0 Å². The van der Waals surface area contributed by atoms with Crippen LogP contribution in [0.15, 0.2) is 0 Å². The lowest BCUT2D eigenvalue weighted by atomic mass is 9.81. The van der Waals surface area contributed by atoms with Crippen LogP contribution in [0.25, 0.3) is 0 Å². The van der Waals surface area contributed by atoms with Gasteiger partial charge in [0.05, 0.1) is 23.3 Å². The highest BCUT2D eigenvalue weighted by atomic mass is 16.3. The molecule has 3 aliphatic carbocycles. The highest BCUT2D eigenvalue weighted by Crippen LogP contribution is 2.41. The molecule has 27 heavy (non-hydrogen) atoms. The van der Waals surface area contributed by atoms with Gasteiger partial charge in [-0.25, -0.2) is 0 Å². The normalized spacial score (nSPS) is 27.9. The van der Waals surface area contributed by atoms with Crippen LogP contribution in [0.1, 0.15) is 90.9 Å². The SMILES string of the molecule is C[C@@H](NC(=O)C1(C(=O)N[C@H](C)C2(O)CCCC2)CCCC1)C1(O)CCCC1. The zero-order valence-electron chi connectivity index (χ0n) is 16.9. The van der Waals surface area contributed by atoms with Crippen molar-refractivity contribution in [3.8, 4) is 0 Å². The molecule has 0 aromatic rings. The van der Waals surface area contributed by atoms with Gasteiger partial charge in [0.15, 0.2) is 0 Å². The van der Waals surface area contributed by atoms with E-state index >= 15 is 0 Å². The summed E-state index contributed by atoms with van der Waals surface area (Å²) < 4.78 is 0. The van der Waals surface area contributed by atoms with Crippen LogP contribution in [0, 0.1) is 5.41 Å². The predicted octanol–water partition coefficient (Wildman–Crippen LogP) is 2.17. The van der Waals surface area contributed by atoms with E-state index in [1.54, 1.807) is 0 Å². The zero-order valence-corrected chi connectivity index (χ0v) is 16.9. The fourth-order valence-electron chi connectivity index (χ4n) is 5.31. The first kappa shape index (κ1) is 20.6. The Kier molecular flexibility index (Phi) is 5.88. The van der Waals surface area contributed by atoms with Crippen LogP contribution in [0.4, 0.5) is 0 Å². The van der Waals surface area contributed by atoms with E-state index in [2.05, 4.69) is 10.6 Å². The van der Waals surface area contributed by atoms with Gasteiger partial charge in [0.25, 0.3) is 0 Å². The van der Waals surface area contributed by atoms with Crippen LogP contribution in [-0.4, -0.2) is 45.3 Å². The van der Waals surface area contributed by atoms with Crippen molar-refractivity contribution < 1.29 is 19.8 Å². The first-order valence-electron chi connectivity index (χ1n) is 10.8. The summed E-state index contributed by atoms with van der Waals surface area (Å²) in [6.45, 7) is 3.68.